The Morgan fingerprint density at radius 1 is 1.24 bits per heavy atom. The van der Waals surface area contributed by atoms with Crippen LogP contribution in [0.4, 0.5) is 5.69 Å². The molecule has 1 aromatic heterocycles. The second-order valence-electron chi connectivity index (χ2n) is 7.77. The highest BCUT2D eigenvalue weighted by atomic mass is 35.5. The largest absolute Gasteiger partial charge is 0.342 e. The van der Waals surface area contributed by atoms with Gasteiger partial charge in [-0.3, -0.25) is 14.3 Å². The van der Waals surface area contributed by atoms with Gasteiger partial charge < -0.3 is 10.2 Å². The van der Waals surface area contributed by atoms with Crippen LogP contribution in [0.5, 0.6) is 0 Å². The Hall–Kier alpha value is -2.05. The van der Waals surface area contributed by atoms with E-state index in [1.54, 1.807) is 16.9 Å². The zero-order valence-corrected chi connectivity index (χ0v) is 17.8. The molecule has 8 heteroatoms. The number of amides is 2. The molecule has 2 heterocycles. The second-order valence-corrected chi connectivity index (χ2v) is 8.55. The number of likely N-dealkylation sites (tertiary alicyclic amines) is 1. The van der Waals surface area contributed by atoms with Crippen molar-refractivity contribution in [1.82, 2.24) is 14.7 Å². The topological polar surface area (TPSA) is 67.2 Å². The average Bonchev–Trinajstić information content (AvgIpc) is 3.40. The lowest BCUT2D eigenvalue weighted by molar-refractivity contribution is -0.135. The van der Waals surface area contributed by atoms with Crippen LogP contribution < -0.4 is 5.32 Å². The first-order valence-electron chi connectivity index (χ1n) is 10.0. The first kappa shape index (κ1) is 20.2. The SMILES string of the molecule is CCn1cc(NC(=O)C2CCN(C(=O)C3CC3c3cccc(Cl)c3Cl)CC2)cn1. The van der Waals surface area contributed by atoms with Crippen LogP contribution in [-0.4, -0.2) is 39.6 Å². The van der Waals surface area contributed by atoms with Gasteiger partial charge >= 0.3 is 0 Å². The molecule has 0 spiro atoms. The summed E-state index contributed by atoms with van der Waals surface area (Å²) in [4.78, 5) is 27.3. The van der Waals surface area contributed by atoms with E-state index in [1.807, 2.05) is 30.2 Å². The van der Waals surface area contributed by atoms with Gasteiger partial charge in [0.2, 0.25) is 11.8 Å². The summed E-state index contributed by atoms with van der Waals surface area (Å²) in [5, 5.41) is 8.18. The lowest BCUT2D eigenvalue weighted by atomic mass is 9.95. The van der Waals surface area contributed by atoms with Gasteiger partial charge in [-0.05, 0) is 43.7 Å². The summed E-state index contributed by atoms with van der Waals surface area (Å²) in [5.74, 6) is 0.194. The zero-order valence-electron chi connectivity index (χ0n) is 16.3. The Morgan fingerprint density at radius 3 is 2.69 bits per heavy atom. The molecule has 2 atom stereocenters. The molecule has 1 N–H and O–H groups in total. The Labute approximate surface area is 180 Å². The summed E-state index contributed by atoms with van der Waals surface area (Å²) in [7, 11) is 0. The molecule has 1 aromatic carbocycles. The minimum Gasteiger partial charge on any atom is -0.342 e. The van der Waals surface area contributed by atoms with E-state index >= 15 is 0 Å². The zero-order chi connectivity index (χ0) is 20.5. The number of carbonyl (C=O) groups is 2. The molecule has 2 fully saturated rings. The van der Waals surface area contributed by atoms with Crippen molar-refractivity contribution < 1.29 is 9.59 Å². The van der Waals surface area contributed by atoms with Crippen molar-refractivity contribution in [2.45, 2.75) is 38.6 Å². The Balaban J connectivity index is 1.29. The average molecular weight is 435 g/mol. The summed E-state index contributed by atoms with van der Waals surface area (Å²) in [5.41, 5.74) is 1.67. The summed E-state index contributed by atoms with van der Waals surface area (Å²) in [6.07, 6.45) is 5.64. The summed E-state index contributed by atoms with van der Waals surface area (Å²) >= 11 is 12.4. The fourth-order valence-electron chi connectivity index (χ4n) is 4.06. The van der Waals surface area contributed by atoms with Crippen molar-refractivity contribution in [3.05, 3.63) is 46.2 Å². The van der Waals surface area contributed by atoms with Crippen molar-refractivity contribution in [3.63, 3.8) is 0 Å². The van der Waals surface area contributed by atoms with Gasteiger partial charge in [0.15, 0.2) is 0 Å². The van der Waals surface area contributed by atoms with E-state index in [0.29, 0.717) is 36.0 Å². The van der Waals surface area contributed by atoms with Crippen molar-refractivity contribution in [2.24, 2.45) is 11.8 Å². The number of aromatic nitrogens is 2. The number of nitrogens with zero attached hydrogens (tertiary/aromatic N) is 3. The minimum absolute atomic E-state index is 0.00256. The summed E-state index contributed by atoms with van der Waals surface area (Å²) in [6, 6.07) is 5.58. The first-order chi connectivity index (χ1) is 14.0. The molecule has 1 saturated heterocycles. The van der Waals surface area contributed by atoms with E-state index < -0.39 is 0 Å². The third-order valence-corrected chi connectivity index (χ3v) is 6.72. The normalized spacial score (nSPS) is 21.8. The van der Waals surface area contributed by atoms with Gasteiger partial charge in [0, 0.05) is 37.7 Å². The van der Waals surface area contributed by atoms with E-state index in [9.17, 15) is 9.59 Å². The van der Waals surface area contributed by atoms with Crippen LogP contribution in [0.3, 0.4) is 0 Å². The molecule has 0 bridgehead atoms. The molecule has 1 aliphatic heterocycles. The highest BCUT2D eigenvalue weighted by molar-refractivity contribution is 6.42. The smallest absolute Gasteiger partial charge is 0.227 e. The quantitative estimate of drug-likeness (QED) is 0.766. The molecule has 2 unspecified atom stereocenters. The highest BCUT2D eigenvalue weighted by Crippen LogP contribution is 2.51. The van der Waals surface area contributed by atoms with Gasteiger partial charge in [-0.15, -0.1) is 0 Å². The maximum Gasteiger partial charge on any atom is 0.227 e. The molecule has 0 radical (unpaired) electrons. The van der Waals surface area contributed by atoms with Crippen molar-refractivity contribution in [1.29, 1.82) is 0 Å². The molecule has 1 saturated carbocycles. The number of benzene rings is 1. The van der Waals surface area contributed by atoms with Gasteiger partial charge in [-0.1, -0.05) is 35.3 Å². The maximum atomic E-state index is 12.9. The number of hydrogen-bond donors (Lipinski definition) is 1. The number of rotatable bonds is 5. The van der Waals surface area contributed by atoms with Gasteiger partial charge in [0.25, 0.3) is 0 Å². The number of hydrogen-bond acceptors (Lipinski definition) is 3. The lowest BCUT2D eigenvalue weighted by Crippen LogP contribution is -2.42. The first-order valence-corrected chi connectivity index (χ1v) is 10.8. The molecule has 2 amide bonds. The fourth-order valence-corrected chi connectivity index (χ4v) is 4.51. The van der Waals surface area contributed by atoms with Crippen LogP contribution in [0.25, 0.3) is 0 Å². The third kappa shape index (κ3) is 4.28. The van der Waals surface area contributed by atoms with E-state index in [2.05, 4.69) is 10.4 Å². The maximum absolute atomic E-state index is 12.9. The predicted octanol–water partition coefficient (Wildman–Crippen LogP) is 4.19. The summed E-state index contributed by atoms with van der Waals surface area (Å²) in [6.45, 7) is 3.98. The number of aryl methyl sites for hydroxylation is 1. The highest BCUT2D eigenvalue weighted by Gasteiger charge is 2.47. The van der Waals surface area contributed by atoms with Crippen LogP contribution in [0, 0.1) is 11.8 Å². The predicted molar refractivity (Wildman–Crippen MR) is 113 cm³/mol. The Kier molecular flexibility index (Phi) is 5.83. The number of carbonyl (C=O) groups excluding carboxylic acids is 2. The van der Waals surface area contributed by atoms with Crippen molar-refractivity contribution in [3.8, 4) is 0 Å². The molecule has 2 aromatic rings. The van der Waals surface area contributed by atoms with Crippen molar-refractivity contribution in [2.75, 3.05) is 18.4 Å². The molecule has 4 rings (SSSR count). The van der Waals surface area contributed by atoms with E-state index in [1.165, 1.54) is 0 Å². The van der Waals surface area contributed by atoms with Crippen LogP contribution in [0.1, 0.15) is 37.7 Å². The van der Waals surface area contributed by atoms with Crippen LogP contribution in [0.2, 0.25) is 10.0 Å². The van der Waals surface area contributed by atoms with Crippen LogP contribution in [0.15, 0.2) is 30.6 Å². The lowest BCUT2D eigenvalue weighted by Gasteiger charge is -2.31. The second kappa shape index (κ2) is 8.36. The van der Waals surface area contributed by atoms with Gasteiger partial charge in [0.05, 0.1) is 21.9 Å². The molecular formula is C21H24Cl2N4O2. The number of piperidine rings is 1. The molecule has 6 nitrogen and oxygen atoms in total. The molecule has 1 aliphatic carbocycles. The molecule has 154 valence electrons. The molecule has 29 heavy (non-hydrogen) atoms. The summed E-state index contributed by atoms with van der Waals surface area (Å²) < 4.78 is 1.77. The molecular weight excluding hydrogens is 411 g/mol. The monoisotopic (exact) mass is 434 g/mol. The van der Waals surface area contributed by atoms with Crippen LogP contribution >= 0.6 is 23.2 Å². The molecule has 2 aliphatic rings. The Bertz CT molecular complexity index is 921. The van der Waals surface area contributed by atoms with Gasteiger partial charge in [0.1, 0.15) is 0 Å². The van der Waals surface area contributed by atoms with Crippen LogP contribution in [-0.2, 0) is 16.1 Å². The van der Waals surface area contributed by atoms with E-state index in [4.69, 9.17) is 23.2 Å². The standard InChI is InChI=1S/C21H24Cl2N4O2/c1-2-27-12-14(11-24-27)25-20(28)13-6-8-26(9-7-13)21(29)17-10-16(17)15-4-3-5-18(22)19(15)23/h3-5,11-13,16-17H,2,6-10H2,1H3,(H,25,28). The van der Waals surface area contributed by atoms with Gasteiger partial charge in [-0.2, -0.15) is 5.10 Å². The fraction of sp³-hybridized carbons (Fsp3) is 0.476. The van der Waals surface area contributed by atoms with E-state index in [-0.39, 0.29) is 29.6 Å². The number of halogens is 2. The third-order valence-electron chi connectivity index (χ3n) is 5.89. The van der Waals surface area contributed by atoms with Gasteiger partial charge in [-0.25, -0.2) is 0 Å². The number of anilines is 1. The Morgan fingerprint density at radius 2 is 2.00 bits per heavy atom. The van der Waals surface area contributed by atoms with Crippen molar-refractivity contribution >= 4 is 40.7 Å². The number of nitrogens with one attached hydrogen (secondary N) is 1. The minimum atomic E-state index is -0.0820. The van der Waals surface area contributed by atoms with E-state index in [0.717, 1.165) is 24.2 Å².